The Kier molecular flexibility index (Phi) is 5.86. The molecule has 0 unspecified atom stereocenters. The van der Waals surface area contributed by atoms with Gasteiger partial charge in [-0.1, -0.05) is 0 Å². The van der Waals surface area contributed by atoms with Crippen LogP contribution in [-0.2, 0) is 21.4 Å². The molecule has 0 radical (unpaired) electrons. The fourth-order valence-electron chi connectivity index (χ4n) is 1.55. The van der Waals surface area contributed by atoms with Gasteiger partial charge in [0.15, 0.2) is 0 Å². The molecule has 0 spiro atoms. The van der Waals surface area contributed by atoms with Gasteiger partial charge in [0.1, 0.15) is 5.60 Å². The molecule has 0 aromatic carbocycles. The average Bonchev–Trinajstić information content (AvgIpc) is 2.36. The van der Waals surface area contributed by atoms with Gasteiger partial charge in [0.05, 0.1) is 23.3 Å². The molecule has 1 heterocycles. The predicted molar refractivity (Wildman–Crippen MR) is 82.1 cm³/mol. The largest absolute Gasteiger partial charge is 0.443 e. The van der Waals surface area contributed by atoms with Gasteiger partial charge in [0, 0.05) is 13.1 Å². The van der Waals surface area contributed by atoms with Crippen LogP contribution < -0.4 is 10.6 Å². The number of hydrogen-bond donors (Lipinski definition) is 2. The summed E-state index contributed by atoms with van der Waals surface area (Å²) >= 11 is 0. The van der Waals surface area contributed by atoms with Gasteiger partial charge in [-0.25, -0.2) is 4.79 Å². The summed E-state index contributed by atoms with van der Waals surface area (Å²) in [6.45, 7) is 5.08. The van der Waals surface area contributed by atoms with Crippen molar-refractivity contribution in [3.63, 3.8) is 0 Å². The first-order valence-electron chi connectivity index (χ1n) is 6.62. The minimum Gasteiger partial charge on any atom is -0.443 e. The lowest BCUT2D eigenvalue weighted by molar-refractivity contribution is 0.0582. The highest BCUT2D eigenvalue weighted by Gasteiger charge is 2.24. The molecular formula is C13H21N3O5S. The Hall–Kier alpha value is -1.71. The van der Waals surface area contributed by atoms with Crippen LogP contribution in [-0.4, -0.2) is 41.9 Å². The van der Waals surface area contributed by atoms with E-state index in [0.29, 0.717) is 11.4 Å². The highest BCUT2D eigenvalue weighted by Crippen LogP contribution is 2.18. The molecule has 0 saturated heterocycles. The molecule has 1 aromatic heterocycles. The summed E-state index contributed by atoms with van der Waals surface area (Å²) in [5, 5.41) is 0. The molecule has 0 aliphatic rings. The quantitative estimate of drug-likeness (QED) is 0.776. The zero-order valence-corrected chi connectivity index (χ0v) is 13.6. The van der Waals surface area contributed by atoms with Crippen LogP contribution >= 0.6 is 0 Å². The zero-order valence-electron chi connectivity index (χ0n) is 12.8. The number of anilines is 1. The first-order valence-corrected chi connectivity index (χ1v) is 8.23. The van der Waals surface area contributed by atoms with E-state index < -0.39 is 27.6 Å². The van der Waals surface area contributed by atoms with E-state index in [-0.39, 0.29) is 13.1 Å². The maximum absolute atomic E-state index is 12.2. The van der Waals surface area contributed by atoms with Gasteiger partial charge in [-0.05, 0) is 32.9 Å². The number of carbonyl (C=O) groups excluding carboxylic acids is 1. The Morgan fingerprint density at radius 1 is 1.41 bits per heavy atom. The summed E-state index contributed by atoms with van der Waals surface area (Å²) < 4.78 is 35.9. The molecule has 0 atom stereocenters. The van der Waals surface area contributed by atoms with Gasteiger partial charge in [-0.2, -0.15) is 8.42 Å². The van der Waals surface area contributed by atoms with E-state index in [1.54, 1.807) is 32.9 Å². The third kappa shape index (κ3) is 6.37. The van der Waals surface area contributed by atoms with Crippen molar-refractivity contribution in [2.24, 2.45) is 5.73 Å². The van der Waals surface area contributed by atoms with Gasteiger partial charge in [-0.3, -0.25) is 14.4 Å². The maximum atomic E-state index is 12.2. The van der Waals surface area contributed by atoms with Crippen LogP contribution in [0, 0.1) is 0 Å². The van der Waals surface area contributed by atoms with Crippen molar-refractivity contribution < 1.29 is 22.5 Å². The molecule has 8 nitrogen and oxygen atoms in total. The molecule has 1 aromatic rings. The van der Waals surface area contributed by atoms with E-state index in [0.717, 1.165) is 4.90 Å². The van der Waals surface area contributed by atoms with Crippen LogP contribution in [0.15, 0.2) is 18.3 Å². The van der Waals surface area contributed by atoms with E-state index >= 15 is 0 Å². The molecule has 1 rings (SSSR count). The average molecular weight is 331 g/mol. The topological polar surface area (TPSA) is 123 Å². The summed E-state index contributed by atoms with van der Waals surface area (Å²) in [5.41, 5.74) is 5.70. The molecule has 1 amide bonds. The molecule has 3 N–H and O–H groups in total. The second-order valence-corrected chi connectivity index (χ2v) is 7.20. The fraction of sp³-hybridized carbons (Fsp3) is 0.538. The summed E-state index contributed by atoms with van der Waals surface area (Å²) in [4.78, 5) is 17.4. The van der Waals surface area contributed by atoms with Crippen molar-refractivity contribution in [2.45, 2.75) is 32.9 Å². The summed E-state index contributed by atoms with van der Waals surface area (Å²) in [6.07, 6.45) is 0.675. The van der Waals surface area contributed by atoms with Crippen molar-refractivity contribution in [2.75, 3.05) is 17.2 Å². The Morgan fingerprint density at radius 3 is 2.45 bits per heavy atom. The van der Waals surface area contributed by atoms with Crippen molar-refractivity contribution in [3.05, 3.63) is 24.0 Å². The predicted octanol–water partition coefficient (Wildman–Crippen LogP) is 1.17. The third-order valence-electron chi connectivity index (χ3n) is 2.52. The molecular weight excluding hydrogens is 310 g/mol. The number of aromatic nitrogens is 1. The summed E-state index contributed by atoms with van der Waals surface area (Å²) in [7, 11) is -4.21. The lowest BCUT2D eigenvalue weighted by Gasteiger charge is -2.27. The zero-order chi connectivity index (χ0) is 17.0. The number of nitrogens with zero attached hydrogens (tertiary/aromatic N) is 2. The van der Waals surface area contributed by atoms with E-state index in [1.165, 1.54) is 6.20 Å². The first-order chi connectivity index (χ1) is 10.0. The van der Waals surface area contributed by atoms with Crippen LogP contribution in [0.1, 0.15) is 26.5 Å². The molecule has 0 aliphatic carbocycles. The Labute approximate surface area is 130 Å². The summed E-state index contributed by atoms with van der Waals surface area (Å²) in [5.74, 6) is -0.606. The highest BCUT2D eigenvalue weighted by atomic mass is 32.2. The van der Waals surface area contributed by atoms with Crippen molar-refractivity contribution in [1.82, 2.24) is 4.98 Å². The number of ether oxygens (including phenoxy) is 1. The second kappa shape index (κ2) is 7.03. The van der Waals surface area contributed by atoms with Gasteiger partial charge >= 0.3 is 6.09 Å². The Balaban J connectivity index is 3.01. The number of carbonyl (C=O) groups is 1. The van der Waals surface area contributed by atoms with Crippen molar-refractivity contribution in [1.29, 1.82) is 0 Å². The number of pyridine rings is 1. The minimum absolute atomic E-state index is 0.248. The maximum Gasteiger partial charge on any atom is 0.414 e. The van der Waals surface area contributed by atoms with Crippen LogP contribution in [0.5, 0.6) is 0 Å². The molecule has 22 heavy (non-hydrogen) atoms. The van der Waals surface area contributed by atoms with Crippen LogP contribution in [0.2, 0.25) is 0 Å². The molecule has 0 fully saturated rings. The number of nitrogens with two attached hydrogens (primary N) is 1. The van der Waals surface area contributed by atoms with E-state index in [4.69, 9.17) is 15.0 Å². The SMILES string of the molecule is CC(C)(C)OC(=O)N(CCS(=O)(=O)O)c1ccc(CN)nc1. The molecule has 9 heteroatoms. The number of amides is 1. The Morgan fingerprint density at radius 2 is 2.05 bits per heavy atom. The molecule has 0 aliphatic heterocycles. The van der Waals surface area contributed by atoms with Crippen molar-refractivity contribution >= 4 is 21.9 Å². The Bertz CT molecular complexity index is 608. The van der Waals surface area contributed by atoms with E-state index in [1.807, 2.05) is 0 Å². The highest BCUT2D eigenvalue weighted by molar-refractivity contribution is 7.85. The number of hydrogen-bond acceptors (Lipinski definition) is 6. The van der Waals surface area contributed by atoms with E-state index in [9.17, 15) is 13.2 Å². The number of rotatable bonds is 5. The third-order valence-corrected chi connectivity index (χ3v) is 3.22. The van der Waals surface area contributed by atoms with Gasteiger partial charge in [0.25, 0.3) is 10.1 Å². The van der Waals surface area contributed by atoms with E-state index in [2.05, 4.69) is 4.98 Å². The lowest BCUT2D eigenvalue weighted by atomic mass is 10.2. The van der Waals surface area contributed by atoms with Crippen LogP contribution in [0.3, 0.4) is 0 Å². The standard InChI is InChI=1S/C13H21N3O5S/c1-13(2,3)21-12(17)16(6-7-22(18,19)20)11-5-4-10(8-14)15-9-11/h4-5,9H,6-8,14H2,1-3H3,(H,18,19,20). The van der Waals surface area contributed by atoms with Gasteiger partial charge in [-0.15, -0.1) is 0 Å². The lowest BCUT2D eigenvalue weighted by Crippen LogP contribution is -2.39. The van der Waals surface area contributed by atoms with Gasteiger partial charge in [0.2, 0.25) is 0 Å². The minimum atomic E-state index is -4.21. The van der Waals surface area contributed by atoms with Crippen LogP contribution in [0.25, 0.3) is 0 Å². The summed E-state index contributed by atoms with van der Waals surface area (Å²) in [6, 6.07) is 3.21. The molecule has 0 saturated carbocycles. The smallest absolute Gasteiger partial charge is 0.414 e. The van der Waals surface area contributed by atoms with Crippen LogP contribution in [0.4, 0.5) is 10.5 Å². The van der Waals surface area contributed by atoms with Gasteiger partial charge < -0.3 is 10.5 Å². The monoisotopic (exact) mass is 331 g/mol. The van der Waals surface area contributed by atoms with Crippen molar-refractivity contribution in [3.8, 4) is 0 Å². The second-order valence-electron chi connectivity index (χ2n) is 5.63. The fourth-order valence-corrected chi connectivity index (χ4v) is 1.96. The molecule has 124 valence electrons. The first kappa shape index (κ1) is 18.3. The molecule has 0 bridgehead atoms. The normalized spacial score (nSPS) is 12.0.